The third kappa shape index (κ3) is 5.65. The van der Waals surface area contributed by atoms with Gasteiger partial charge in [-0.2, -0.15) is 0 Å². The highest BCUT2D eigenvalue weighted by atomic mass is 31.2. The van der Waals surface area contributed by atoms with Crippen LogP contribution in [-0.4, -0.2) is 83.5 Å². The molecule has 10 nitrogen and oxygen atoms in total. The average Bonchev–Trinajstić information content (AvgIpc) is 2.89. The molecular weight excluding hydrogens is 389 g/mol. The Bertz CT molecular complexity index is 859. The number of aromatic nitrogens is 2. The highest BCUT2D eigenvalue weighted by Crippen LogP contribution is 2.39. The largest absolute Gasteiger partial charge is 0.480 e. The van der Waals surface area contributed by atoms with E-state index in [0.717, 1.165) is 6.16 Å². The minimum Gasteiger partial charge on any atom is -0.480 e. The molecule has 4 N–H and O–H groups in total. The smallest absolute Gasteiger partial charge is 0.330 e. The molecule has 1 aromatic heterocycles. The molecule has 0 spiro atoms. The lowest BCUT2D eigenvalue weighted by Gasteiger charge is -2.21. The Morgan fingerprint density at radius 3 is 2.71 bits per heavy atom. The van der Waals surface area contributed by atoms with Gasteiger partial charge in [0.05, 0.1) is 12.6 Å². The monoisotopic (exact) mass is 417 g/mol. The summed E-state index contributed by atoms with van der Waals surface area (Å²) in [6, 6.07) is 0. The Morgan fingerprint density at radius 2 is 2.14 bits per heavy atom. The minimum absolute atomic E-state index is 0.0432. The number of rotatable bonds is 9. The van der Waals surface area contributed by atoms with Crippen molar-refractivity contribution in [2.45, 2.75) is 37.5 Å². The number of aliphatic hydroxyl groups excluding tert-OH is 1. The normalized spacial score (nSPS) is 25.1. The number of aromatic amines is 1. The third-order valence-electron chi connectivity index (χ3n) is 4.51. The number of H-pyrrole nitrogens is 1. The minimum atomic E-state index is -1.31. The molecule has 0 saturated carbocycles. The van der Waals surface area contributed by atoms with E-state index in [9.17, 15) is 19.5 Å². The first-order chi connectivity index (χ1) is 13.0. The van der Waals surface area contributed by atoms with Gasteiger partial charge >= 0.3 is 11.7 Å². The van der Waals surface area contributed by atoms with Crippen molar-refractivity contribution in [1.29, 1.82) is 0 Å². The fourth-order valence-electron chi connectivity index (χ4n) is 3.06. The Morgan fingerprint density at radius 1 is 1.46 bits per heavy atom. The van der Waals surface area contributed by atoms with Crippen molar-refractivity contribution in [2.75, 3.05) is 33.1 Å². The van der Waals surface area contributed by atoms with E-state index in [4.69, 9.17) is 14.6 Å². The van der Waals surface area contributed by atoms with Crippen molar-refractivity contribution in [3.05, 3.63) is 32.6 Å². The number of hydrogen-bond acceptors (Lipinski definition) is 7. The van der Waals surface area contributed by atoms with Crippen LogP contribution >= 0.6 is 6.89 Å². The molecule has 0 aromatic carbocycles. The number of nitrogens with zero attached hydrogens (tertiary/aromatic N) is 1. The first kappa shape index (κ1) is 22.6. The lowest BCUT2D eigenvalue weighted by atomic mass is 10.1. The predicted molar refractivity (Wildman–Crippen MR) is 107 cm³/mol. The van der Waals surface area contributed by atoms with E-state index in [1.807, 2.05) is 0 Å². The van der Waals surface area contributed by atoms with Crippen LogP contribution in [0.1, 0.15) is 18.2 Å². The van der Waals surface area contributed by atoms with E-state index in [0.29, 0.717) is 6.42 Å². The van der Waals surface area contributed by atoms with Gasteiger partial charge in [-0.25, -0.2) is 4.79 Å². The summed E-state index contributed by atoms with van der Waals surface area (Å²) < 4.78 is 12.4. The van der Waals surface area contributed by atoms with Crippen LogP contribution in [0.15, 0.2) is 15.8 Å². The Hall–Kier alpha value is -1.71. The van der Waals surface area contributed by atoms with E-state index >= 15 is 0 Å². The molecule has 0 radical (unpaired) electrons. The SMILES string of the molecule is C=P(C)(C)CC[C@H]1O[C@@H](n2cc(CNCC(=O)O)c(=O)[nH]c2=O)[C@H](OC)[C@@H]1O. The van der Waals surface area contributed by atoms with Crippen LogP contribution in [-0.2, 0) is 20.8 Å². The summed E-state index contributed by atoms with van der Waals surface area (Å²) in [5.41, 5.74) is -1.15. The number of nitrogens with one attached hydrogen (secondary N) is 2. The second-order valence-corrected chi connectivity index (χ2v) is 11.8. The van der Waals surface area contributed by atoms with Gasteiger partial charge in [0.25, 0.3) is 5.56 Å². The fraction of sp³-hybridized carbons (Fsp3) is 0.647. The number of carboxylic acid groups (broad SMARTS) is 1. The number of carbonyl (C=O) groups is 1. The van der Waals surface area contributed by atoms with Gasteiger partial charge in [0.2, 0.25) is 0 Å². The summed E-state index contributed by atoms with van der Waals surface area (Å²) in [6.07, 6.45) is 3.67. The molecule has 0 aliphatic carbocycles. The van der Waals surface area contributed by atoms with Crippen molar-refractivity contribution in [3.8, 4) is 0 Å². The zero-order valence-corrected chi connectivity index (χ0v) is 17.1. The van der Waals surface area contributed by atoms with E-state index in [1.54, 1.807) is 0 Å². The summed E-state index contributed by atoms with van der Waals surface area (Å²) in [4.78, 5) is 37.1. The van der Waals surface area contributed by atoms with Crippen molar-refractivity contribution >= 4 is 19.2 Å². The number of carboxylic acids is 1. The first-order valence-electron chi connectivity index (χ1n) is 8.84. The first-order valence-corrected chi connectivity index (χ1v) is 11.9. The molecule has 158 valence electrons. The van der Waals surface area contributed by atoms with Gasteiger partial charge in [-0.3, -0.25) is 19.1 Å². The van der Waals surface area contributed by atoms with Crippen molar-refractivity contribution < 1.29 is 24.5 Å². The zero-order valence-electron chi connectivity index (χ0n) is 16.3. The van der Waals surface area contributed by atoms with Crippen molar-refractivity contribution in [3.63, 3.8) is 0 Å². The topological polar surface area (TPSA) is 143 Å². The van der Waals surface area contributed by atoms with Crippen LogP contribution in [0.25, 0.3) is 0 Å². The molecule has 2 rings (SSSR count). The lowest BCUT2D eigenvalue weighted by molar-refractivity contribution is -0.136. The maximum absolute atomic E-state index is 12.3. The summed E-state index contributed by atoms with van der Waals surface area (Å²) in [5, 5.41) is 21.9. The molecule has 28 heavy (non-hydrogen) atoms. The van der Waals surface area contributed by atoms with E-state index in [2.05, 4.69) is 29.9 Å². The number of hydrogen-bond donors (Lipinski definition) is 4. The third-order valence-corrected chi connectivity index (χ3v) is 5.98. The van der Waals surface area contributed by atoms with Gasteiger partial charge in [0, 0.05) is 25.4 Å². The second-order valence-electron chi connectivity index (χ2n) is 7.52. The molecule has 1 aliphatic heterocycles. The van der Waals surface area contributed by atoms with E-state index in [1.165, 1.54) is 17.9 Å². The van der Waals surface area contributed by atoms with E-state index in [-0.39, 0.29) is 18.7 Å². The van der Waals surface area contributed by atoms with E-state index < -0.39 is 48.6 Å². The summed E-state index contributed by atoms with van der Waals surface area (Å²) in [6.45, 7) is 2.49. The maximum Gasteiger partial charge on any atom is 0.330 e. The Labute approximate surface area is 162 Å². The molecule has 4 atom stereocenters. The molecule has 0 bridgehead atoms. The number of aliphatic carboxylic acids is 1. The van der Waals surface area contributed by atoms with Crippen LogP contribution in [0.5, 0.6) is 0 Å². The summed E-state index contributed by atoms with van der Waals surface area (Å²) >= 11 is 0. The molecule has 1 aliphatic rings. The maximum atomic E-state index is 12.3. The molecular formula is C17H28N3O7P. The van der Waals surface area contributed by atoms with Crippen LogP contribution in [0.2, 0.25) is 0 Å². The van der Waals surface area contributed by atoms with Crippen molar-refractivity contribution in [1.82, 2.24) is 14.9 Å². The molecule has 1 aromatic rings. The van der Waals surface area contributed by atoms with Crippen LogP contribution in [0, 0.1) is 0 Å². The van der Waals surface area contributed by atoms with Gasteiger partial charge in [-0.05, 0) is 25.9 Å². The highest BCUT2D eigenvalue weighted by molar-refractivity contribution is 7.72. The molecule has 1 saturated heterocycles. The fourth-order valence-corrected chi connectivity index (χ4v) is 4.01. The van der Waals surface area contributed by atoms with Gasteiger partial charge < -0.3 is 25.0 Å². The quantitative estimate of drug-likeness (QED) is 0.378. The van der Waals surface area contributed by atoms with Gasteiger partial charge in [0.1, 0.15) is 12.2 Å². The highest BCUT2D eigenvalue weighted by Gasteiger charge is 2.45. The molecule has 0 unspecified atom stereocenters. The van der Waals surface area contributed by atoms with Crippen LogP contribution in [0.3, 0.4) is 0 Å². The number of aliphatic hydroxyl groups is 1. The van der Waals surface area contributed by atoms with Crippen LogP contribution in [0.4, 0.5) is 0 Å². The summed E-state index contributed by atoms with van der Waals surface area (Å²) in [7, 11) is 1.41. The molecule has 0 amide bonds. The van der Waals surface area contributed by atoms with Crippen LogP contribution < -0.4 is 16.6 Å². The summed E-state index contributed by atoms with van der Waals surface area (Å²) in [5.74, 6) is -1.06. The lowest BCUT2D eigenvalue weighted by Crippen LogP contribution is -2.40. The molecule has 1 fully saturated rings. The van der Waals surface area contributed by atoms with Crippen molar-refractivity contribution in [2.24, 2.45) is 0 Å². The average molecular weight is 417 g/mol. The predicted octanol–water partition coefficient (Wildman–Crippen LogP) is -0.917. The zero-order chi connectivity index (χ0) is 21.1. The molecule has 11 heteroatoms. The number of ether oxygens (including phenoxy) is 2. The second kappa shape index (κ2) is 9.19. The van der Waals surface area contributed by atoms with Gasteiger partial charge in [0.15, 0.2) is 6.23 Å². The number of methoxy groups -OCH3 is 1. The van der Waals surface area contributed by atoms with Gasteiger partial charge in [-0.1, -0.05) is 0 Å². The Kier molecular flexibility index (Phi) is 7.41. The molecule has 2 heterocycles. The van der Waals surface area contributed by atoms with Gasteiger partial charge in [-0.15, -0.1) is 13.2 Å². The standard InChI is InChI=1S/C17H28N3O7P/c1-26-14-13(23)11(5-6-28(2,3)4)27-16(14)20-9-10(7-18-8-12(21)22)15(24)19-17(20)25/h9,11,13-14,16,18,23H,2,5-8H2,1,3-4H3,(H,21,22)(H,19,24,25)/t11-,13-,14-,16-/m1/s1. The Balaban J connectivity index is 2.26.